The van der Waals surface area contributed by atoms with Crippen LogP contribution in [0, 0.1) is 5.92 Å². The van der Waals surface area contributed by atoms with Crippen molar-refractivity contribution in [1.82, 2.24) is 15.2 Å². The lowest BCUT2D eigenvalue weighted by molar-refractivity contribution is -0.136. The molecule has 0 spiro atoms. The van der Waals surface area contributed by atoms with Gasteiger partial charge in [-0.2, -0.15) is 13.2 Å². The maximum Gasteiger partial charge on any atom is 0.418 e. The van der Waals surface area contributed by atoms with E-state index in [1.54, 1.807) is 31.4 Å². The summed E-state index contributed by atoms with van der Waals surface area (Å²) in [5, 5.41) is 3.92. The van der Waals surface area contributed by atoms with Crippen molar-refractivity contribution in [3.05, 3.63) is 52.5 Å². The van der Waals surface area contributed by atoms with Crippen LogP contribution in [-0.4, -0.2) is 47.6 Å². The van der Waals surface area contributed by atoms with Gasteiger partial charge in [0.25, 0.3) is 5.91 Å². The highest BCUT2D eigenvalue weighted by atomic mass is 32.1. The van der Waals surface area contributed by atoms with Crippen LogP contribution < -0.4 is 14.8 Å². The third-order valence-electron chi connectivity index (χ3n) is 7.55. The number of ether oxygens (including phenoxy) is 2. The fourth-order valence-electron chi connectivity index (χ4n) is 5.75. The van der Waals surface area contributed by atoms with Gasteiger partial charge in [-0.15, -0.1) is 11.3 Å². The number of benzene rings is 2. The average molecular weight is 562 g/mol. The third-order valence-corrected chi connectivity index (χ3v) is 8.55. The van der Waals surface area contributed by atoms with Crippen LogP contribution in [-0.2, 0) is 12.7 Å². The zero-order valence-corrected chi connectivity index (χ0v) is 23.2. The normalized spacial score (nSPS) is 21.8. The molecule has 0 aliphatic carbocycles. The van der Waals surface area contributed by atoms with E-state index in [1.165, 1.54) is 17.4 Å². The standard InChI is InChI=1S/C29H34F3N3O3S/c1-17(2)16-38-23-11-10-18(12-24(23)37-3)28(36)33-19-13-20-6-4-7-21(14-19)35(20)15-26-34-27-22(29(30,31)32)8-5-9-25(27)39-26/h5,8-12,17,19-21H,4,6-7,13-16H2,1-3H3,(H,33,36). The van der Waals surface area contributed by atoms with Crippen LogP contribution in [0.15, 0.2) is 36.4 Å². The smallest absolute Gasteiger partial charge is 0.418 e. The van der Waals surface area contributed by atoms with Gasteiger partial charge in [0.2, 0.25) is 0 Å². The fraction of sp³-hybridized carbons (Fsp3) is 0.517. The molecule has 1 amide bonds. The number of hydrogen-bond acceptors (Lipinski definition) is 6. The molecule has 2 saturated heterocycles. The largest absolute Gasteiger partial charge is 0.493 e. The minimum Gasteiger partial charge on any atom is -0.493 e. The number of methoxy groups -OCH3 is 1. The molecule has 0 saturated carbocycles. The Morgan fingerprint density at radius 1 is 1.15 bits per heavy atom. The molecule has 0 radical (unpaired) electrons. The molecule has 2 aliphatic rings. The van der Waals surface area contributed by atoms with Gasteiger partial charge in [-0.1, -0.05) is 26.3 Å². The van der Waals surface area contributed by atoms with E-state index in [9.17, 15) is 18.0 Å². The van der Waals surface area contributed by atoms with Crippen molar-refractivity contribution in [3.63, 3.8) is 0 Å². The Bertz CT molecular complexity index is 1310. The topological polar surface area (TPSA) is 63.7 Å². The first-order chi connectivity index (χ1) is 18.6. The minimum absolute atomic E-state index is 0.0270. The Balaban J connectivity index is 1.26. The van der Waals surface area contributed by atoms with Gasteiger partial charge in [-0.25, -0.2) is 4.98 Å². The van der Waals surface area contributed by atoms with E-state index in [0.29, 0.717) is 45.8 Å². The van der Waals surface area contributed by atoms with Crippen LogP contribution in [0.3, 0.4) is 0 Å². The second-order valence-electron chi connectivity index (χ2n) is 10.9. The van der Waals surface area contributed by atoms with E-state index in [1.807, 2.05) is 0 Å². The molecular weight excluding hydrogens is 527 g/mol. The summed E-state index contributed by atoms with van der Waals surface area (Å²) in [7, 11) is 1.56. The molecule has 6 nitrogen and oxygen atoms in total. The molecule has 2 fully saturated rings. The SMILES string of the molecule is COc1cc(C(=O)NC2CC3CCCC(C2)N3Cc2nc3c(C(F)(F)F)cccc3s2)ccc1OCC(C)C. The number of alkyl halides is 3. The van der Waals surface area contributed by atoms with Gasteiger partial charge in [-0.05, 0) is 61.9 Å². The number of halogens is 3. The Kier molecular flexibility index (Phi) is 8.05. The quantitative estimate of drug-likeness (QED) is 0.333. The maximum absolute atomic E-state index is 13.5. The summed E-state index contributed by atoms with van der Waals surface area (Å²) in [6.07, 6.45) is 0.277. The molecule has 2 aromatic carbocycles. The van der Waals surface area contributed by atoms with Crippen LogP contribution in [0.5, 0.6) is 11.5 Å². The van der Waals surface area contributed by atoms with Crippen LogP contribution >= 0.6 is 11.3 Å². The van der Waals surface area contributed by atoms with Gasteiger partial charge in [-0.3, -0.25) is 9.69 Å². The van der Waals surface area contributed by atoms with Gasteiger partial charge in [0, 0.05) is 23.7 Å². The summed E-state index contributed by atoms with van der Waals surface area (Å²) in [5.74, 6) is 1.36. The van der Waals surface area contributed by atoms with E-state index in [0.717, 1.165) is 38.2 Å². The third kappa shape index (κ3) is 6.17. The van der Waals surface area contributed by atoms with E-state index < -0.39 is 11.7 Å². The van der Waals surface area contributed by atoms with Gasteiger partial charge < -0.3 is 14.8 Å². The monoisotopic (exact) mass is 561 g/mol. The Morgan fingerprint density at radius 3 is 2.56 bits per heavy atom. The number of hydrogen-bond donors (Lipinski definition) is 1. The molecule has 2 bridgehead atoms. The van der Waals surface area contributed by atoms with E-state index in [2.05, 4.69) is 29.0 Å². The van der Waals surface area contributed by atoms with Crippen molar-refractivity contribution in [3.8, 4) is 11.5 Å². The first-order valence-electron chi connectivity index (χ1n) is 13.5. The summed E-state index contributed by atoms with van der Waals surface area (Å²) in [5.41, 5.74) is -0.125. The highest BCUT2D eigenvalue weighted by Crippen LogP contribution is 2.39. The summed E-state index contributed by atoms with van der Waals surface area (Å²) in [6, 6.07) is 10.0. The maximum atomic E-state index is 13.5. The summed E-state index contributed by atoms with van der Waals surface area (Å²) in [6.45, 7) is 5.22. The first-order valence-corrected chi connectivity index (χ1v) is 14.3. The molecule has 3 heterocycles. The van der Waals surface area contributed by atoms with Crippen LogP contribution in [0.1, 0.15) is 66.9 Å². The number of aromatic nitrogens is 1. The second-order valence-corrected chi connectivity index (χ2v) is 12.0. The van der Waals surface area contributed by atoms with Crippen LogP contribution in [0.25, 0.3) is 10.2 Å². The van der Waals surface area contributed by atoms with Gasteiger partial charge in [0.1, 0.15) is 5.01 Å². The number of rotatable bonds is 8. The predicted molar refractivity (Wildman–Crippen MR) is 145 cm³/mol. The predicted octanol–water partition coefficient (Wildman–Crippen LogP) is 6.67. The molecule has 39 heavy (non-hydrogen) atoms. The number of carbonyl (C=O) groups is 1. The lowest BCUT2D eigenvalue weighted by Crippen LogP contribution is -2.56. The lowest BCUT2D eigenvalue weighted by atomic mass is 9.81. The number of para-hydroxylation sites is 1. The van der Waals surface area contributed by atoms with Crippen LogP contribution in [0.4, 0.5) is 13.2 Å². The van der Waals surface area contributed by atoms with E-state index >= 15 is 0 Å². The van der Waals surface area contributed by atoms with Crippen molar-refractivity contribution in [2.45, 2.75) is 76.8 Å². The highest BCUT2D eigenvalue weighted by molar-refractivity contribution is 7.18. The Labute approximate surface area is 230 Å². The van der Waals surface area contributed by atoms with Crippen molar-refractivity contribution >= 4 is 27.5 Å². The zero-order chi connectivity index (χ0) is 27.7. The minimum atomic E-state index is -4.43. The Hall–Kier alpha value is -2.85. The van der Waals surface area contributed by atoms with Gasteiger partial charge in [0.05, 0.1) is 36.0 Å². The molecule has 2 aliphatic heterocycles. The Morgan fingerprint density at radius 2 is 1.90 bits per heavy atom. The second kappa shape index (κ2) is 11.3. The summed E-state index contributed by atoms with van der Waals surface area (Å²) < 4.78 is 52.2. The molecule has 2 unspecified atom stereocenters. The molecule has 10 heteroatoms. The van der Waals surface area contributed by atoms with Crippen molar-refractivity contribution < 1.29 is 27.4 Å². The van der Waals surface area contributed by atoms with E-state index in [-0.39, 0.29) is 29.5 Å². The summed E-state index contributed by atoms with van der Waals surface area (Å²) in [4.78, 5) is 20.0. The molecule has 3 aromatic rings. The van der Waals surface area contributed by atoms with E-state index in [4.69, 9.17) is 9.47 Å². The molecule has 5 rings (SSSR count). The molecule has 1 N–H and O–H groups in total. The van der Waals surface area contributed by atoms with Gasteiger partial charge >= 0.3 is 6.18 Å². The highest BCUT2D eigenvalue weighted by Gasteiger charge is 2.39. The number of nitrogens with one attached hydrogen (secondary N) is 1. The van der Waals surface area contributed by atoms with Gasteiger partial charge in [0.15, 0.2) is 11.5 Å². The van der Waals surface area contributed by atoms with Crippen molar-refractivity contribution in [2.24, 2.45) is 5.92 Å². The van der Waals surface area contributed by atoms with Crippen LogP contribution in [0.2, 0.25) is 0 Å². The number of amides is 1. The molecule has 2 atom stereocenters. The molecule has 210 valence electrons. The molecular formula is C29H34F3N3O3S. The number of carbonyl (C=O) groups excluding carboxylic acids is 1. The lowest BCUT2D eigenvalue weighted by Gasteiger charge is -2.48. The first kappa shape index (κ1) is 27.7. The zero-order valence-electron chi connectivity index (χ0n) is 22.4. The number of fused-ring (bicyclic) bond motifs is 3. The van der Waals surface area contributed by atoms with Crippen molar-refractivity contribution in [2.75, 3.05) is 13.7 Å². The summed E-state index contributed by atoms with van der Waals surface area (Å²) >= 11 is 1.33. The van der Waals surface area contributed by atoms with Crippen molar-refractivity contribution in [1.29, 1.82) is 0 Å². The molecule has 1 aromatic heterocycles. The number of piperidine rings is 2. The number of nitrogens with zero attached hydrogens (tertiary/aromatic N) is 2. The fourth-order valence-corrected chi connectivity index (χ4v) is 6.76. The number of thiazole rings is 1. The average Bonchev–Trinajstić information content (AvgIpc) is 3.29.